The molecule has 3 aromatic rings. The normalized spacial score (nSPS) is 21.5. The second-order valence-electron chi connectivity index (χ2n) is 7.65. The van der Waals surface area contributed by atoms with E-state index in [4.69, 9.17) is 5.11 Å². The Labute approximate surface area is 167 Å². The van der Waals surface area contributed by atoms with E-state index < -0.39 is 12.1 Å². The summed E-state index contributed by atoms with van der Waals surface area (Å²) in [4.78, 5) is 23.4. The van der Waals surface area contributed by atoms with Gasteiger partial charge in [-0.3, -0.25) is 9.48 Å². The van der Waals surface area contributed by atoms with E-state index in [-0.39, 0.29) is 23.4 Å². The molecule has 152 valence electrons. The van der Waals surface area contributed by atoms with Crippen LogP contribution in [0.1, 0.15) is 29.6 Å². The minimum atomic E-state index is -1.01. The summed E-state index contributed by atoms with van der Waals surface area (Å²) in [6.45, 7) is 1.10. The summed E-state index contributed by atoms with van der Waals surface area (Å²) in [5.41, 5.74) is 1.24. The van der Waals surface area contributed by atoms with Gasteiger partial charge in [0.15, 0.2) is 0 Å². The Kier molecular flexibility index (Phi) is 5.35. The maximum absolute atomic E-state index is 12.4. The molecule has 1 unspecified atom stereocenters. The summed E-state index contributed by atoms with van der Waals surface area (Å²) >= 11 is 0. The Morgan fingerprint density at radius 2 is 2.03 bits per heavy atom. The highest BCUT2D eigenvalue weighted by Gasteiger charge is 2.34. The quantitative estimate of drug-likeness (QED) is 0.565. The van der Waals surface area contributed by atoms with Crippen molar-refractivity contribution < 1.29 is 19.8 Å². The van der Waals surface area contributed by atoms with E-state index >= 15 is 0 Å². The number of aromatic nitrogens is 3. The van der Waals surface area contributed by atoms with Gasteiger partial charge in [-0.15, -0.1) is 0 Å². The molecule has 2 aromatic heterocycles. The van der Waals surface area contributed by atoms with E-state index in [1.807, 2.05) is 36.5 Å². The van der Waals surface area contributed by atoms with Crippen molar-refractivity contribution in [1.29, 1.82) is 0 Å². The van der Waals surface area contributed by atoms with Crippen LogP contribution in [0.3, 0.4) is 0 Å². The van der Waals surface area contributed by atoms with Crippen LogP contribution < -0.4 is 5.32 Å². The summed E-state index contributed by atoms with van der Waals surface area (Å²) < 4.78 is 3.64. The van der Waals surface area contributed by atoms with Crippen molar-refractivity contribution >= 4 is 22.8 Å². The molecule has 1 amide bonds. The van der Waals surface area contributed by atoms with Crippen LogP contribution in [0.15, 0.2) is 48.9 Å². The molecule has 0 aliphatic heterocycles. The fourth-order valence-corrected chi connectivity index (χ4v) is 4.10. The smallest absolute Gasteiger partial charge is 0.338 e. The predicted molar refractivity (Wildman–Crippen MR) is 106 cm³/mol. The lowest BCUT2D eigenvalue weighted by Crippen LogP contribution is -2.40. The van der Waals surface area contributed by atoms with E-state index in [0.29, 0.717) is 32.4 Å². The molecule has 1 aromatic carbocycles. The number of carbonyl (C=O) groups is 2. The van der Waals surface area contributed by atoms with Gasteiger partial charge >= 0.3 is 5.97 Å². The number of nitrogens with zero attached hydrogens (tertiary/aromatic N) is 3. The molecule has 1 aliphatic carbocycles. The molecule has 0 saturated heterocycles. The Hall–Kier alpha value is -3.13. The molecule has 2 heterocycles. The van der Waals surface area contributed by atoms with Gasteiger partial charge in [0.2, 0.25) is 5.91 Å². The minimum Gasteiger partial charge on any atom is -0.478 e. The van der Waals surface area contributed by atoms with Crippen molar-refractivity contribution in [3.05, 3.63) is 54.5 Å². The van der Waals surface area contributed by atoms with Crippen LogP contribution in [-0.2, 0) is 17.9 Å². The topological polar surface area (TPSA) is 109 Å². The molecule has 4 rings (SSSR count). The lowest BCUT2D eigenvalue weighted by molar-refractivity contribution is -0.122. The summed E-state index contributed by atoms with van der Waals surface area (Å²) in [5.74, 6) is -0.965. The zero-order valence-electron chi connectivity index (χ0n) is 15.9. The molecule has 8 heteroatoms. The van der Waals surface area contributed by atoms with E-state index in [1.165, 1.54) is 12.4 Å². The minimum absolute atomic E-state index is 0.0836. The molecular weight excluding hydrogens is 372 g/mol. The summed E-state index contributed by atoms with van der Waals surface area (Å²) in [6, 6.07) is 9.78. The average molecular weight is 396 g/mol. The molecule has 0 radical (unpaired) electrons. The number of benzene rings is 1. The number of aryl methyl sites for hydroxylation is 1. The maximum Gasteiger partial charge on any atom is 0.338 e. The number of aliphatic hydroxyl groups excluding tert-OH is 1. The van der Waals surface area contributed by atoms with Crippen molar-refractivity contribution in [3.63, 3.8) is 0 Å². The summed E-state index contributed by atoms with van der Waals surface area (Å²) in [7, 11) is 0. The van der Waals surface area contributed by atoms with Gasteiger partial charge < -0.3 is 20.1 Å². The molecule has 3 atom stereocenters. The highest BCUT2D eigenvalue weighted by Crippen LogP contribution is 2.27. The van der Waals surface area contributed by atoms with Crippen LogP contribution in [0.25, 0.3) is 10.9 Å². The number of para-hydroxylation sites is 1. The third-order valence-electron chi connectivity index (χ3n) is 5.56. The van der Waals surface area contributed by atoms with Gasteiger partial charge in [-0.2, -0.15) is 5.10 Å². The molecule has 29 heavy (non-hydrogen) atoms. The maximum atomic E-state index is 12.4. The fourth-order valence-electron chi connectivity index (χ4n) is 4.10. The molecule has 3 N–H and O–H groups in total. The molecule has 1 saturated carbocycles. The number of aromatic carboxylic acids is 1. The average Bonchev–Trinajstić information content (AvgIpc) is 3.40. The van der Waals surface area contributed by atoms with E-state index in [0.717, 1.165) is 10.9 Å². The first-order valence-electron chi connectivity index (χ1n) is 9.76. The third-order valence-corrected chi connectivity index (χ3v) is 5.56. The van der Waals surface area contributed by atoms with Gasteiger partial charge in [-0.25, -0.2) is 4.79 Å². The zero-order chi connectivity index (χ0) is 20.4. The van der Waals surface area contributed by atoms with E-state index in [9.17, 15) is 14.7 Å². The van der Waals surface area contributed by atoms with Gasteiger partial charge in [0, 0.05) is 37.4 Å². The second-order valence-corrected chi connectivity index (χ2v) is 7.65. The van der Waals surface area contributed by atoms with E-state index in [2.05, 4.69) is 15.0 Å². The highest BCUT2D eigenvalue weighted by molar-refractivity contribution is 5.86. The Morgan fingerprint density at radius 3 is 2.83 bits per heavy atom. The number of nitrogens with one attached hydrogen (secondary N) is 1. The van der Waals surface area contributed by atoms with Crippen molar-refractivity contribution in [1.82, 2.24) is 19.7 Å². The molecule has 8 nitrogen and oxygen atoms in total. The monoisotopic (exact) mass is 396 g/mol. The number of carboxylic acid groups (broad SMARTS) is 1. The zero-order valence-corrected chi connectivity index (χ0v) is 15.9. The standard InChI is InChI=1S/C21H24N4O4/c26-19-10-14(12-25-13-16(11-22-25)21(28)29)9-17(19)23-20(27)6-8-24-7-5-15-3-1-2-4-18(15)24/h1-5,7,11,13-14,17,19,26H,6,8-10,12H2,(H,23,27)(H,28,29)/t14?,17-,19-/m1/s1. The number of hydrogen-bond acceptors (Lipinski definition) is 4. The van der Waals surface area contributed by atoms with Gasteiger partial charge in [0.1, 0.15) is 0 Å². The number of amides is 1. The number of aliphatic hydroxyl groups is 1. The predicted octanol–water partition coefficient (Wildman–Crippen LogP) is 1.88. The second kappa shape index (κ2) is 8.08. The van der Waals surface area contributed by atoms with Crippen LogP contribution in [-0.4, -0.2) is 48.6 Å². The summed E-state index contributed by atoms with van der Waals surface area (Å²) in [6.07, 6.45) is 5.71. The van der Waals surface area contributed by atoms with Crippen LogP contribution >= 0.6 is 0 Å². The van der Waals surface area contributed by atoms with Crippen molar-refractivity contribution in [2.75, 3.05) is 0 Å². The first kappa shape index (κ1) is 19.2. The molecule has 0 bridgehead atoms. The number of fused-ring (bicyclic) bond motifs is 1. The van der Waals surface area contributed by atoms with E-state index in [1.54, 1.807) is 4.68 Å². The van der Waals surface area contributed by atoms with Crippen LogP contribution in [0.2, 0.25) is 0 Å². The molecular formula is C21H24N4O4. The highest BCUT2D eigenvalue weighted by atomic mass is 16.4. The first-order valence-corrected chi connectivity index (χ1v) is 9.76. The summed E-state index contributed by atoms with van der Waals surface area (Å²) in [5, 5.41) is 27.5. The van der Waals surface area contributed by atoms with Crippen LogP contribution in [0.4, 0.5) is 0 Å². The lowest BCUT2D eigenvalue weighted by Gasteiger charge is -2.16. The van der Waals surface area contributed by atoms with Gasteiger partial charge in [0.05, 0.1) is 23.9 Å². The van der Waals surface area contributed by atoms with Crippen LogP contribution in [0.5, 0.6) is 0 Å². The van der Waals surface area contributed by atoms with Gasteiger partial charge in [-0.1, -0.05) is 18.2 Å². The largest absolute Gasteiger partial charge is 0.478 e. The number of carbonyl (C=O) groups excluding carboxylic acids is 1. The Morgan fingerprint density at radius 1 is 1.21 bits per heavy atom. The first-order chi connectivity index (χ1) is 14.0. The SMILES string of the molecule is O=C(CCn1ccc2ccccc21)N[C@@H]1CC(Cn2cc(C(=O)O)cn2)C[C@H]1O. The van der Waals surface area contributed by atoms with Crippen molar-refractivity contribution in [2.45, 2.75) is 44.5 Å². The van der Waals surface area contributed by atoms with Crippen LogP contribution in [0, 0.1) is 5.92 Å². The Balaban J connectivity index is 1.28. The van der Waals surface area contributed by atoms with Crippen molar-refractivity contribution in [2.24, 2.45) is 5.92 Å². The third kappa shape index (κ3) is 4.32. The number of hydrogen-bond donors (Lipinski definition) is 3. The molecule has 0 spiro atoms. The van der Waals surface area contributed by atoms with Gasteiger partial charge in [0.25, 0.3) is 0 Å². The molecule has 1 fully saturated rings. The number of carboxylic acids is 1. The Bertz CT molecular complexity index is 1020. The van der Waals surface area contributed by atoms with Gasteiger partial charge in [-0.05, 0) is 36.3 Å². The molecule has 1 aliphatic rings. The number of rotatable bonds is 7. The fraction of sp³-hybridized carbons (Fsp3) is 0.381. The van der Waals surface area contributed by atoms with Crippen molar-refractivity contribution in [3.8, 4) is 0 Å². The lowest BCUT2D eigenvalue weighted by atomic mass is 10.1.